The Balaban J connectivity index is 1.76. The van der Waals surface area contributed by atoms with Crippen LogP contribution in [0.4, 0.5) is 0 Å². The minimum Gasteiger partial charge on any atom is -0.451 e. The van der Waals surface area contributed by atoms with Gasteiger partial charge in [0.25, 0.3) is 5.91 Å². The van der Waals surface area contributed by atoms with Crippen LogP contribution < -0.4 is 5.73 Å². The molecule has 128 valence electrons. The summed E-state index contributed by atoms with van der Waals surface area (Å²) in [6.07, 6.45) is 1.93. The van der Waals surface area contributed by atoms with Crippen molar-refractivity contribution in [3.63, 3.8) is 0 Å². The summed E-state index contributed by atoms with van der Waals surface area (Å²) in [5.41, 5.74) is 8.34. The van der Waals surface area contributed by atoms with E-state index < -0.39 is 0 Å². The number of furan rings is 1. The summed E-state index contributed by atoms with van der Waals surface area (Å²) in [6, 6.07) is 12.0. The summed E-state index contributed by atoms with van der Waals surface area (Å²) >= 11 is 0. The molecule has 4 nitrogen and oxygen atoms in total. The monoisotopic (exact) mass is 326 g/mol. The molecule has 1 unspecified atom stereocenters. The van der Waals surface area contributed by atoms with E-state index in [0.29, 0.717) is 12.3 Å². The zero-order valence-corrected chi connectivity index (χ0v) is 14.7. The predicted molar refractivity (Wildman–Crippen MR) is 96.0 cm³/mol. The highest BCUT2D eigenvalue weighted by Gasteiger charge is 2.24. The molecule has 0 spiro atoms. The molecule has 2 heterocycles. The van der Waals surface area contributed by atoms with E-state index in [9.17, 15) is 4.79 Å². The van der Waals surface area contributed by atoms with Crippen molar-refractivity contribution in [3.05, 3.63) is 47.7 Å². The molecule has 2 N–H and O–H groups in total. The molecule has 1 fully saturated rings. The number of hydrogen-bond acceptors (Lipinski definition) is 3. The first kappa shape index (κ1) is 16.8. The van der Waals surface area contributed by atoms with Crippen LogP contribution in [0.5, 0.6) is 0 Å². The maximum absolute atomic E-state index is 12.6. The van der Waals surface area contributed by atoms with Gasteiger partial charge in [0.15, 0.2) is 5.76 Å². The standard InChI is InChI=1S/C20H26N2O2/c1-20(2,3)15-8-6-14(7-9-15)17-10-11-18(24-17)19(23)22-12-4-5-16(21)13-22/h6-11,16H,4-5,12-13,21H2,1-3H3. The Kier molecular flexibility index (Phi) is 4.50. The van der Waals surface area contributed by atoms with Gasteiger partial charge in [-0.25, -0.2) is 0 Å². The number of rotatable bonds is 2. The minimum atomic E-state index is -0.0669. The quantitative estimate of drug-likeness (QED) is 0.913. The lowest BCUT2D eigenvalue weighted by molar-refractivity contribution is 0.0677. The van der Waals surface area contributed by atoms with Gasteiger partial charge in [0.1, 0.15) is 5.76 Å². The number of benzene rings is 1. The van der Waals surface area contributed by atoms with E-state index >= 15 is 0 Å². The molecule has 3 rings (SSSR count). The maximum atomic E-state index is 12.6. The van der Waals surface area contributed by atoms with Crippen molar-refractivity contribution in [3.8, 4) is 11.3 Å². The van der Waals surface area contributed by atoms with Crippen molar-refractivity contribution in [2.45, 2.75) is 45.1 Å². The van der Waals surface area contributed by atoms with Crippen LogP contribution in [0.1, 0.15) is 49.7 Å². The number of likely N-dealkylation sites (tertiary alicyclic amines) is 1. The van der Waals surface area contributed by atoms with Crippen LogP contribution in [0.15, 0.2) is 40.8 Å². The average molecular weight is 326 g/mol. The lowest BCUT2D eigenvalue weighted by Gasteiger charge is -2.30. The van der Waals surface area contributed by atoms with Crippen molar-refractivity contribution in [2.24, 2.45) is 5.73 Å². The number of carbonyl (C=O) groups is 1. The molecular formula is C20H26N2O2. The fraction of sp³-hybridized carbons (Fsp3) is 0.450. The van der Waals surface area contributed by atoms with E-state index in [0.717, 1.165) is 30.7 Å². The lowest BCUT2D eigenvalue weighted by Crippen LogP contribution is -2.45. The van der Waals surface area contributed by atoms with Gasteiger partial charge in [0.2, 0.25) is 0 Å². The van der Waals surface area contributed by atoms with Crippen LogP contribution in [-0.4, -0.2) is 29.9 Å². The molecule has 1 atom stereocenters. The van der Waals surface area contributed by atoms with E-state index in [1.54, 1.807) is 11.0 Å². The second-order valence-electron chi connectivity index (χ2n) is 7.64. The summed E-state index contributed by atoms with van der Waals surface area (Å²) in [4.78, 5) is 14.3. The zero-order chi connectivity index (χ0) is 17.3. The zero-order valence-electron chi connectivity index (χ0n) is 14.7. The summed E-state index contributed by atoms with van der Waals surface area (Å²) in [5.74, 6) is 1.04. The van der Waals surface area contributed by atoms with Crippen molar-refractivity contribution < 1.29 is 9.21 Å². The summed E-state index contributed by atoms with van der Waals surface area (Å²) in [7, 11) is 0. The van der Waals surface area contributed by atoms with E-state index in [-0.39, 0.29) is 17.4 Å². The van der Waals surface area contributed by atoms with Crippen LogP contribution in [0, 0.1) is 0 Å². The maximum Gasteiger partial charge on any atom is 0.289 e. The molecule has 24 heavy (non-hydrogen) atoms. The van der Waals surface area contributed by atoms with Gasteiger partial charge in [0.05, 0.1) is 0 Å². The highest BCUT2D eigenvalue weighted by atomic mass is 16.4. The fourth-order valence-electron chi connectivity index (χ4n) is 3.09. The van der Waals surface area contributed by atoms with Gasteiger partial charge in [-0.1, -0.05) is 45.0 Å². The van der Waals surface area contributed by atoms with Crippen LogP contribution in [0.3, 0.4) is 0 Å². The van der Waals surface area contributed by atoms with Crippen molar-refractivity contribution in [1.29, 1.82) is 0 Å². The number of carbonyl (C=O) groups excluding carboxylic acids is 1. The Morgan fingerprint density at radius 3 is 2.50 bits per heavy atom. The first-order valence-electron chi connectivity index (χ1n) is 8.60. The number of nitrogens with zero attached hydrogens (tertiary/aromatic N) is 1. The van der Waals surface area contributed by atoms with E-state index in [2.05, 4.69) is 32.9 Å². The molecule has 1 saturated heterocycles. The number of piperidine rings is 1. The second-order valence-corrected chi connectivity index (χ2v) is 7.64. The van der Waals surface area contributed by atoms with Gasteiger partial charge in [-0.05, 0) is 36.0 Å². The molecule has 4 heteroatoms. The van der Waals surface area contributed by atoms with Gasteiger partial charge in [-0.15, -0.1) is 0 Å². The van der Waals surface area contributed by atoms with Gasteiger partial charge in [-0.2, -0.15) is 0 Å². The van der Waals surface area contributed by atoms with Gasteiger partial charge < -0.3 is 15.1 Å². The van der Waals surface area contributed by atoms with Gasteiger partial charge in [0, 0.05) is 24.7 Å². The molecule has 1 amide bonds. The van der Waals surface area contributed by atoms with Crippen molar-refractivity contribution >= 4 is 5.91 Å². The number of amides is 1. The second kappa shape index (κ2) is 6.44. The topological polar surface area (TPSA) is 59.5 Å². The van der Waals surface area contributed by atoms with Crippen LogP contribution >= 0.6 is 0 Å². The predicted octanol–water partition coefficient (Wildman–Crippen LogP) is 3.81. The fourth-order valence-corrected chi connectivity index (χ4v) is 3.09. The molecule has 1 aliphatic rings. The van der Waals surface area contributed by atoms with E-state index in [4.69, 9.17) is 10.2 Å². The molecule has 0 radical (unpaired) electrons. The smallest absolute Gasteiger partial charge is 0.289 e. The molecule has 1 aromatic carbocycles. The Hall–Kier alpha value is -2.07. The normalized spacial score (nSPS) is 18.7. The Labute approximate surface area is 143 Å². The van der Waals surface area contributed by atoms with E-state index in [1.807, 2.05) is 18.2 Å². The lowest BCUT2D eigenvalue weighted by atomic mass is 9.86. The molecule has 0 saturated carbocycles. The Morgan fingerprint density at radius 2 is 1.88 bits per heavy atom. The highest BCUT2D eigenvalue weighted by molar-refractivity contribution is 5.92. The summed E-state index contributed by atoms with van der Waals surface area (Å²) < 4.78 is 5.81. The number of nitrogens with two attached hydrogens (primary N) is 1. The first-order valence-corrected chi connectivity index (χ1v) is 8.60. The van der Waals surface area contributed by atoms with Crippen molar-refractivity contribution in [1.82, 2.24) is 4.90 Å². The third-order valence-corrected chi connectivity index (χ3v) is 4.60. The first-order chi connectivity index (χ1) is 11.3. The number of hydrogen-bond donors (Lipinski definition) is 1. The van der Waals surface area contributed by atoms with E-state index in [1.165, 1.54) is 5.56 Å². The van der Waals surface area contributed by atoms with Gasteiger partial charge in [-0.3, -0.25) is 4.79 Å². The third-order valence-electron chi connectivity index (χ3n) is 4.60. The highest BCUT2D eigenvalue weighted by Crippen LogP contribution is 2.27. The SMILES string of the molecule is CC(C)(C)c1ccc(-c2ccc(C(=O)N3CCCC(N)C3)o2)cc1. The van der Waals surface area contributed by atoms with Crippen LogP contribution in [0.2, 0.25) is 0 Å². The molecule has 0 aliphatic carbocycles. The third kappa shape index (κ3) is 3.54. The minimum absolute atomic E-state index is 0.0669. The molecular weight excluding hydrogens is 300 g/mol. The Bertz CT molecular complexity index is 710. The largest absolute Gasteiger partial charge is 0.451 e. The van der Waals surface area contributed by atoms with Gasteiger partial charge >= 0.3 is 0 Å². The average Bonchev–Trinajstić information content (AvgIpc) is 3.03. The molecule has 1 aliphatic heterocycles. The Morgan fingerprint density at radius 1 is 1.17 bits per heavy atom. The summed E-state index contributed by atoms with van der Waals surface area (Å²) in [5, 5.41) is 0. The van der Waals surface area contributed by atoms with Crippen LogP contribution in [-0.2, 0) is 5.41 Å². The molecule has 1 aromatic heterocycles. The summed E-state index contributed by atoms with van der Waals surface area (Å²) in [6.45, 7) is 7.93. The van der Waals surface area contributed by atoms with Crippen molar-refractivity contribution in [2.75, 3.05) is 13.1 Å². The van der Waals surface area contributed by atoms with Crippen LogP contribution in [0.25, 0.3) is 11.3 Å². The molecule has 2 aromatic rings. The molecule has 0 bridgehead atoms.